The van der Waals surface area contributed by atoms with Crippen molar-refractivity contribution in [3.8, 4) is 0 Å². The first-order valence-electron chi connectivity index (χ1n) is 8.87. The third-order valence-electron chi connectivity index (χ3n) is 4.28. The Morgan fingerprint density at radius 2 is 2.00 bits per heavy atom. The third-order valence-corrected chi connectivity index (χ3v) is 5.86. The number of methoxy groups -OCH3 is 1. The number of rotatable bonds is 10. The van der Waals surface area contributed by atoms with Gasteiger partial charge in [-0.2, -0.15) is 9.82 Å². The van der Waals surface area contributed by atoms with Crippen LogP contribution in [0, 0.1) is 0 Å². The second-order valence-corrected chi connectivity index (χ2v) is 8.37. The van der Waals surface area contributed by atoms with Crippen molar-refractivity contribution in [2.75, 3.05) is 12.1 Å². The number of sulfonamides is 1. The smallest absolute Gasteiger partial charge is 0.324 e. The second kappa shape index (κ2) is 9.51. The number of allylic oxidation sites excluding steroid dienone is 1. The van der Waals surface area contributed by atoms with Crippen molar-refractivity contribution in [2.45, 2.75) is 30.7 Å². The molecule has 1 atom stereocenters. The Bertz CT molecular complexity index is 1020. The molecule has 0 aliphatic carbocycles. The third kappa shape index (κ3) is 5.65. The van der Waals surface area contributed by atoms with E-state index in [0.29, 0.717) is 17.1 Å². The van der Waals surface area contributed by atoms with Crippen LogP contribution in [0.3, 0.4) is 0 Å². The van der Waals surface area contributed by atoms with E-state index in [1.54, 1.807) is 37.3 Å². The van der Waals surface area contributed by atoms with Gasteiger partial charge in [-0.05, 0) is 31.5 Å². The van der Waals surface area contributed by atoms with Gasteiger partial charge >= 0.3 is 5.97 Å². The molecule has 0 spiro atoms. The lowest BCUT2D eigenvalue weighted by molar-refractivity contribution is -0.143. The van der Waals surface area contributed by atoms with Gasteiger partial charge in [-0.15, -0.1) is 0 Å². The number of nitrogens with zero attached hydrogens (tertiary/aromatic N) is 3. The molecule has 0 aliphatic rings. The summed E-state index contributed by atoms with van der Waals surface area (Å²) < 4.78 is 33.0. The van der Waals surface area contributed by atoms with E-state index in [1.807, 2.05) is 0 Å². The summed E-state index contributed by atoms with van der Waals surface area (Å²) in [6.07, 6.45) is 2.63. The molecule has 1 heterocycles. The molecular weight excluding hydrogens is 408 g/mol. The molecule has 0 amide bonds. The molecule has 2 aromatic rings. The van der Waals surface area contributed by atoms with Gasteiger partial charge in [0.1, 0.15) is 16.2 Å². The largest absolute Gasteiger partial charge is 0.500 e. The molecule has 0 bridgehead atoms. The average Bonchev–Trinajstić information content (AvgIpc) is 2.72. The number of carboxylic acids is 1. The minimum atomic E-state index is -4.16. The number of hydrogen-bond acceptors (Lipinski definition) is 7. The van der Waals surface area contributed by atoms with E-state index >= 15 is 0 Å². The second-order valence-electron chi connectivity index (χ2n) is 6.69. The molecule has 0 aliphatic heterocycles. The monoisotopic (exact) mass is 432 g/mol. The summed E-state index contributed by atoms with van der Waals surface area (Å²) in [5, 5.41) is 14.8. The fraction of sp³-hybridized carbons (Fsp3) is 0.250. The molecular formula is C20H24N4O5S. The Morgan fingerprint density at radius 1 is 1.33 bits per heavy atom. The molecule has 10 heteroatoms. The molecule has 9 nitrogen and oxygen atoms in total. The van der Waals surface area contributed by atoms with Crippen LogP contribution in [-0.2, 0) is 26.0 Å². The number of aliphatic carboxylic acids is 1. The fourth-order valence-electron chi connectivity index (χ4n) is 2.59. The van der Waals surface area contributed by atoms with Crippen molar-refractivity contribution in [3.63, 3.8) is 0 Å². The van der Waals surface area contributed by atoms with Gasteiger partial charge in [0, 0.05) is 19.3 Å². The van der Waals surface area contributed by atoms with Crippen LogP contribution in [0.1, 0.15) is 19.4 Å². The first-order valence-corrected chi connectivity index (χ1v) is 10.4. The van der Waals surface area contributed by atoms with E-state index in [9.17, 15) is 18.3 Å². The maximum Gasteiger partial charge on any atom is 0.324 e. The number of carbonyl (C=O) groups is 1. The van der Waals surface area contributed by atoms with Crippen molar-refractivity contribution in [1.82, 2.24) is 9.71 Å². The Labute approximate surface area is 175 Å². The lowest BCUT2D eigenvalue weighted by Gasteiger charge is -2.26. The van der Waals surface area contributed by atoms with Gasteiger partial charge in [0.15, 0.2) is 5.82 Å². The van der Waals surface area contributed by atoms with Crippen molar-refractivity contribution >= 4 is 28.5 Å². The number of benzene rings is 1. The molecule has 0 unspecified atom stereocenters. The van der Waals surface area contributed by atoms with Crippen LogP contribution in [0.2, 0.25) is 0 Å². The van der Waals surface area contributed by atoms with Gasteiger partial charge in [-0.25, -0.2) is 18.4 Å². The Kier molecular flexibility index (Phi) is 7.30. The predicted molar refractivity (Wildman–Crippen MR) is 114 cm³/mol. The maximum atomic E-state index is 12.8. The van der Waals surface area contributed by atoms with Gasteiger partial charge in [-0.3, -0.25) is 4.79 Å². The topological polar surface area (TPSA) is 121 Å². The zero-order chi connectivity index (χ0) is 22.4. The highest BCUT2D eigenvalue weighted by atomic mass is 32.2. The number of aromatic nitrogens is 1. The number of carboxylic acid groups (broad SMARTS) is 1. The molecule has 160 valence electrons. The summed E-state index contributed by atoms with van der Waals surface area (Å²) >= 11 is 0. The van der Waals surface area contributed by atoms with Gasteiger partial charge in [-0.1, -0.05) is 30.3 Å². The summed E-state index contributed by atoms with van der Waals surface area (Å²) in [6, 6.07) is 11.5. The number of hydrazone groups is 1. The Hall–Kier alpha value is -3.24. The molecule has 0 saturated heterocycles. The molecule has 2 rings (SSSR count). The van der Waals surface area contributed by atoms with Crippen LogP contribution in [0.4, 0.5) is 5.82 Å². The molecule has 0 radical (unpaired) electrons. The molecule has 0 saturated carbocycles. The van der Waals surface area contributed by atoms with Gasteiger partial charge < -0.3 is 9.84 Å². The van der Waals surface area contributed by atoms with Gasteiger partial charge in [0.2, 0.25) is 10.0 Å². The van der Waals surface area contributed by atoms with Gasteiger partial charge in [0.25, 0.3) is 0 Å². The van der Waals surface area contributed by atoms with Crippen LogP contribution in [0.5, 0.6) is 0 Å². The fourth-order valence-corrected chi connectivity index (χ4v) is 3.90. The van der Waals surface area contributed by atoms with Crippen LogP contribution >= 0.6 is 0 Å². The summed E-state index contributed by atoms with van der Waals surface area (Å²) in [7, 11) is -2.66. The highest BCUT2D eigenvalue weighted by molar-refractivity contribution is 7.89. The van der Waals surface area contributed by atoms with Crippen molar-refractivity contribution in [1.29, 1.82) is 0 Å². The molecule has 1 aromatic heterocycles. The van der Waals surface area contributed by atoms with Crippen molar-refractivity contribution in [3.05, 3.63) is 66.2 Å². The van der Waals surface area contributed by atoms with Gasteiger partial charge in [0.05, 0.1) is 13.3 Å². The minimum Gasteiger partial charge on any atom is -0.500 e. The van der Waals surface area contributed by atoms with Crippen LogP contribution in [-0.4, -0.2) is 43.8 Å². The van der Waals surface area contributed by atoms with E-state index < -0.39 is 21.5 Å². The number of nitrogens with one attached hydrogen (secondary N) is 1. The number of anilines is 1. The number of ether oxygens (including phenoxy) is 1. The van der Waals surface area contributed by atoms with Crippen LogP contribution < -0.4 is 9.73 Å². The number of pyridine rings is 1. The lowest BCUT2D eigenvalue weighted by atomic mass is 9.94. The molecule has 1 aromatic carbocycles. The van der Waals surface area contributed by atoms with E-state index in [0.717, 1.165) is 6.20 Å². The quantitative estimate of drug-likeness (QED) is 0.336. The summed E-state index contributed by atoms with van der Waals surface area (Å²) in [5.41, 5.74) is -1.06. The van der Waals surface area contributed by atoms with Crippen molar-refractivity contribution in [2.24, 2.45) is 5.10 Å². The predicted octanol–water partition coefficient (Wildman–Crippen LogP) is 2.38. The SMILES string of the molecule is C=NN(/C=C(\C)OC)c1ccc(S(=O)(=O)N[C@@](C)(Cc2ccccc2)C(=O)O)cn1. The molecule has 2 N–H and O–H groups in total. The average molecular weight is 433 g/mol. The van der Waals surface area contributed by atoms with E-state index in [4.69, 9.17) is 4.74 Å². The first-order chi connectivity index (χ1) is 14.1. The summed E-state index contributed by atoms with van der Waals surface area (Å²) in [6.45, 7) is 6.48. The Balaban J connectivity index is 2.29. The van der Waals surface area contributed by atoms with E-state index in [2.05, 4.69) is 21.5 Å². The van der Waals surface area contributed by atoms with Crippen LogP contribution in [0.15, 0.2) is 70.6 Å². The summed E-state index contributed by atoms with van der Waals surface area (Å²) in [5.74, 6) is -0.437. The standard InChI is InChI=1S/C20H24N4O5S/c1-15(29-4)14-24(21-3)18-11-10-17(13-22-18)30(27,28)23-20(2,19(25)26)12-16-8-6-5-7-9-16/h5-11,13-14,23H,3,12H2,1-2,4H3,(H,25,26)/b15-14+/t20-/m0/s1. The summed E-state index contributed by atoms with van der Waals surface area (Å²) in [4.78, 5) is 15.8. The van der Waals surface area contributed by atoms with Crippen molar-refractivity contribution < 1.29 is 23.1 Å². The lowest BCUT2D eigenvalue weighted by Crippen LogP contribution is -2.53. The highest BCUT2D eigenvalue weighted by Crippen LogP contribution is 2.20. The highest BCUT2D eigenvalue weighted by Gasteiger charge is 2.38. The van der Waals surface area contributed by atoms with Crippen LogP contribution in [0.25, 0.3) is 0 Å². The normalized spacial score (nSPS) is 13.9. The van der Waals surface area contributed by atoms with E-state index in [-0.39, 0.29) is 11.3 Å². The minimum absolute atomic E-state index is 0.0246. The van der Waals surface area contributed by atoms with E-state index in [1.165, 1.54) is 37.4 Å². The number of hydrogen-bond donors (Lipinski definition) is 2. The molecule has 0 fully saturated rings. The zero-order valence-electron chi connectivity index (χ0n) is 16.9. The molecule has 30 heavy (non-hydrogen) atoms. The first kappa shape index (κ1) is 23.0. The zero-order valence-corrected chi connectivity index (χ0v) is 17.8. The maximum absolute atomic E-state index is 12.8. The Morgan fingerprint density at radius 3 is 2.50 bits per heavy atom.